The predicted octanol–water partition coefficient (Wildman–Crippen LogP) is 5.14. The van der Waals surface area contributed by atoms with Gasteiger partial charge in [0.05, 0.1) is 0 Å². The van der Waals surface area contributed by atoms with E-state index in [-0.39, 0.29) is 36.5 Å². The minimum atomic E-state index is -0.827. The van der Waals surface area contributed by atoms with Crippen molar-refractivity contribution in [3.63, 3.8) is 0 Å². The summed E-state index contributed by atoms with van der Waals surface area (Å²) in [6, 6.07) is 8.25. The van der Waals surface area contributed by atoms with Gasteiger partial charge in [0.2, 0.25) is 0 Å². The summed E-state index contributed by atoms with van der Waals surface area (Å²) in [6.07, 6.45) is 9.42. The zero-order valence-electron chi connectivity index (χ0n) is 20.1. The molecule has 2 aliphatic carbocycles. The first-order chi connectivity index (χ1) is 16.0. The van der Waals surface area contributed by atoms with Gasteiger partial charge in [0, 0.05) is 12.1 Å². The topological polar surface area (TPSA) is 87.7 Å². The number of alkyl carbamates (subject to hydrolysis) is 1. The molecule has 7 nitrogen and oxygen atoms in total. The summed E-state index contributed by atoms with van der Waals surface area (Å²) >= 11 is 0. The van der Waals surface area contributed by atoms with Crippen LogP contribution in [0.3, 0.4) is 0 Å². The average molecular weight is 458 g/mol. The minimum absolute atomic E-state index is 0.117. The number of imide groups is 1. The van der Waals surface area contributed by atoms with Crippen molar-refractivity contribution in [3.8, 4) is 0 Å². The molecule has 0 radical (unpaired) electrons. The Labute approximate surface area is 197 Å². The summed E-state index contributed by atoms with van der Waals surface area (Å²) in [5.41, 5.74) is 0.871. The van der Waals surface area contributed by atoms with Crippen molar-refractivity contribution in [1.82, 2.24) is 15.5 Å². The molecule has 0 heterocycles. The maximum atomic E-state index is 13.7. The van der Waals surface area contributed by atoms with E-state index in [1.165, 1.54) is 11.3 Å². The Morgan fingerprint density at radius 2 is 1.55 bits per heavy atom. The number of benzene rings is 1. The van der Waals surface area contributed by atoms with Gasteiger partial charge in [0.25, 0.3) is 5.91 Å². The van der Waals surface area contributed by atoms with Gasteiger partial charge in [-0.25, -0.2) is 9.59 Å². The second kappa shape index (κ2) is 12.6. The van der Waals surface area contributed by atoms with Crippen molar-refractivity contribution in [2.75, 3.05) is 0 Å². The molecule has 0 saturated heterocycles. The fraction of sp³-hybridized carbons (Fsp3) is 0.654. The van der Waals surface area contributed by atoms with E-state index in [0.29, 0.717) is 0 Å². The van der Waals surface area contributed by atoms with Crippen LogP contribution in [-0.2, 0) is 16.1 Å². The molecule has 2 N–H and O–H groups in total. The zero-order valence-corrected chi connectivity index (χ0v) is 20.1. The van der Waals surface area contributed by atoms with E-state index in [0.717, 1.165) is 63.4 Å². The van der Waals surface area contributed by atoms with Crippen LogP contribution in [0, 0.1) is 5.92 Å². The Morgan fingerprint density at radius 3 is 2.15 bits per heavy atom. The highest BCUT2D eigenvalue weighted by atomic mass is 16.5. The molecule has 1 atom stereocenters. The van der Waals surface area contributed by atoms with Crippen LogP contribution in [0.1, 0.15) is 83.6 Å². The highest BCUT2D eigenvalue weighted by Gasteiger charge is 2.38. The van der Waals surface area contributed by atoms with Crippen LogP contribution in [-0.4, -0.2) is 41.1 Å². The number of carbonyl (C=O) groups is 3. The molecule has 3 rings (SSSR count). The summed E-state index contributed by atoms with van der Waals surface area (Å²) < 4.78 is 5.34. The fourth-order valence-corrected chi connectivity index (χ4v) is 4.83. The van der Waals surface area contributed by atoms with Crippen LogP contribution in [0.5, 0.6) is 0 Å². The third kappa shape index (κ3) is 7.47. The first kappa shape index (κ1) is 25.1. The summed E-state index contributed by atoms with van der Waals surface area (Å²) in [6.45, 7) is 3.87. The number of hydrogen-bond acceptors (Lipinski definition) is 4. The second-order valence-electron chi connectivity index (χ2n) is 9.71. The van der Waals surface area contributed by atoms with E-state index >= 15 is 0 Å². The van der Waals surface area contributed by atoms with Gasteiger partial charge in [-0.2, -0.15) is 0 Å². The molecule has 2 aliphatic rings. The van der Waals surface area contributed by atoms with Crippen LogP contribution in [0.15, 0.2) is 30.3 Å². The monoisotopic (exact) mass is 457 g/mol. The van der Waals surface area contributed by atoms with Gasteiger partial charge in [-0.1, -0.05) is 82.7 Å². The van der Waals surface area contributed by atoms with Gasteiger partial charge in [-0.05, 0) is 37.2 Å². The normalized spacial score (nSPS) is 18.4. The predicted molar refractivity (Wildman–Crippen MR) is 128 cm³/mol. The van der Waals surface area contributed by atoms with Crippen molar-refractivity contribution in [2.24, 2.45) is 5.92 Å². The molecule has 2 fully saturated rings. The summed E-state index contributed by atoms with van der Waals surface area (Å²) in [4.78, 5) is 40.9. The maximum absolute atomic E-state index is 13.7. The van der Waals surface area contributed by atoms with Gasteiger partial charge < -0.3 is 15.4 Å². The van der Waals surface area contributed by atoms with E-state index in [1.807, 2.05) is 44.2 Å². The molecule has 2 saturated carbocycles. The molecule has 4 amide bonds. The largest absolute Gasteiger partial charge is 0.445 e. The second-order valence-corrected chi connectivity index (χ2v) is 9.71. The Hall–Kier alpha value is -2.57. The molecular weight excluding hydrogens is 418 g/mol. The number of urea groups is 1. The highest BCUT2D eigenvalue weighted by molar-refractivity contribution is 5.99. The van der Waals surface area contributed by atoms with Crippen molar-refractivity contribution >= 4 is 18.0 Å². The highest BCUT2D eigenvalue weighted by Crippen LogP contribution is 2.25. The lowest BCUT2D eigenvalue weighted by Crippen LogP contribution is -2.59. The molecule has 0 aliphatic heterocycles. The summed E-state index contributed by atoms with van der Waals surface area (Å²) in [5, 5.41) is 5.85. The summed E-state index contributed by atoms with van der Waals surface area (Å²) in [5.74, 6) is -0.530. The minimum Gasteiger partial charge on any atom is -0.445 e. The zero-order chi connectivity index (χ0) is 23.6. The van der Waals surface area contributed by atoms with Crippen LogP contribution in [0.4, 0.5) is 9.59 Å². The molecule has 1 aromatic carbocycles. The Bertz CT molecular complexity index is 771. The molecule has 182 valence electrons. The third-order valence-electron chi connectivity index (χ3n) is 6.75. The lowest BCUT2D eigenvalue weighted by molar-refractivity contribution is -0.133. The molecule has 0 aromatic heterocycles. The fourth-order valence-electron chi connectivity index (χ4n) is 4.83. The number of rotatable bonds is 7. The first-order valence-corrected chi connectivity index (χ1v) is 12.6. The number of nitrogens with one attached hydrogen (secondary N) is 2. The SMILES string of the molecule is CC(C)[C@H](NC(=O)OCc1ccccc1)C(=O)N(C(=O)NC1CCCCC1)C1CCCCC1. The lowest BCUT2D eigenvalue weighted by atomic mass is 9.92. The maximum Gasteiger partial charge on any atom is 0.408 e. The van der Waals surface area contributed by atoms with E-state index in [9.17, 15) is 14.4 Å². The summed E-state index contributed by atoms with van der Waals surface area (Å²) in [7, 11) is 0. The van der Waals surface area contributed by atoms with Crippen LogP contribution < -0.4 is 10.6 Å². The van der Waals surface area contributed by atoms with E-state index in [1.54, 1.807) is 0 Å². The van der Waals surface area contributed by atoms with E-state index in [2.05, 4.69) is 10.6 Å². The van der Waals surface area contributed by atoms with Crippen molar-refractivity contribution in [3.05, 3.63) is 35.9 Å². The first-order valence-electron chi connectivity index (χ1n) is 12.6. The smallest absolute Gasteiger partial charge is 0.408 e. The lowest BCUT2D eigenvalue weighted by Gasteiger charge is -2.37. The van der Waals surface area contributed by atoms with E-state index in [4.69, 9.17) is 4.74 Å². The van der Waals surface area contributed by atoms with Crippen molar-refractivity contribution in [1.29, 1.82) is 0 Å². The molecular formula is C26H39N3O4. The average Bonchev–Trinajstić information content (AvgIpc) is 2.83. The molecule has 0 spiro atoms. The van der Waals surface area contributed by atoms with Gasteiger partial charge in [-0.15, -0.1) is 0 Å². The van der Waals surface area contributed by atoms with Crippen LogP contribution in [0.2, 0.25) is 0 Å². The number of amides is 4. The van der Waals surface area contributed by atoms with Gasteiger partial charge in [-0.3, -0.25) is 9.69 Å². The quantitative estimate of drug-likeness (QED) is 0.593. The Morgan fingerprint density at radius 1 is 0.939 bits per heavy atom. The number of carbonyl (C=O) groups excluding carboxylic acids is 3. The number of ether oxygens (including phenoxy) is 1. The number of hydrogen-bond donors (Lipinski definition) is 2. The van der Waals surface area contributed by atoms with Gasteiger partial charge in [0.1, 0.15) is 12.6 Å². The third-order valence-corrected chi connectivity index (χ3v) is 6.75. The van der Waals surface area contributed by atoms with Gasteiger partial charge >= 0.3 is 12.1 Å². The van der Waals surface area contributed by atoms with Crippen molar-refractivity contribution < 1.29 is 19.1 Å². The Balaban J connectivity index is 1.68. The molecule has 1 aromatic rings. The van der Waals surface area contributed by atoms with Crippen molar-refractivity contribution in [2.45, 2.75) is 103 Å². The molecule has 0 bridgehead atoms. The van der Waals surface area contributed by atoms with Crippen LogP contribution >= 0.6 is 0 Å². The molecule has 0 unspecified atom stereocenters. The van der Waals surface area contributed by atoms with Gasteiger partial charge in [0.15, 0.2) is 0 Å². The standard InChI is InChI=1S/C26H39N3O4/c1-19(2)23(28-26(32)33-18-20-12-6-3-7-13-20)24(30)29(22-16-10-5-11-17-22)25(31)27-21-14-8-4-9-15-21/h3,6-7,12-13,19,21-23H,4-5,8-11,14-18H2,1-2H3,(H,27,31)(H,28,32)/t23-/m0/s1. The molecule has 33 heavy (non-hydrogen) atoms. The Kier molecular flexibility index (Phi) is 9.58. The number of nitrogens with zero attached hydrogens (tertiary/aromatic N) is 1. The van der Waals surface area contributed by atoms with E-state index < -0.39 is 12.1 Å². The molecule has 7 heteroatoms. The van der Waals surface area contributed by atoms with Crippen LogP contribution in [0.25, 0.3) is 0 Å².